The SMILES string of the molecule is COc1ccc(C(O)=C2C(=O)C(=O)N(CCCN3CCOCC3)[C@@H]2c2ccccc2OC)c(O)c1. The van der Waals surface area contributed by atoms with E-state index in [9.17, 15) is 19.8 Å². The van der Waals surface area contributed by atoms with Crippen LogP contribution in [0.25, 0.3) is 5.76 Å². The molecular weight excluding hydrogens is 452 g/mol. The van der Waals surface area contributed by atoms with Gasteiger partial charge >= 0.3 is 0 Å². The van der Waals surface area contributed by atoms with Gasteiger partial charge in [-0.2, -0.15) is 0 Å². The highest BCUT2D eigenvalue weighted by Gasteiger charge is 2.47. The Labute approximate surface area is 204 Å². The topological polar surface area (TPSA) is 109 Å². The number of benzene rings is 2. The molecule has 2 aromatic rings. The Bertz CT molecular complexity index is 1120. The number of Topliss-reactive ketones (excluding diaryl/α,β-unsaturated/α-hetero) is 1. The molecule has 0 aliphatic carbocycles. The number of aliphatic hydroxyl groups excluding tert-OH is 1. The van der Waals surface area contributed by atoms with Gasteiger partial charge in [0.2, 0.25) is 0 Å². The predicted molar refractivity (Wildman–Crippen MR) is 129 cm³/mol. The van der Waals surface area contributed by atoms with E-state index in [4.69, 9.17) is 14.2 Å². The molecule has 1 atom stereocenters. The molecule has 2 aromatic carbocycles. The van der Waals surface area contributed by atoms with Gasteiger partial charge in [-0.15, -0.1) is 0 Å². The van der Waals surface area contributed by atoms with Crippen molar-refractivity contribution in [3.63, 3.8) is 0 Å². The van der Waals surface area contributed by atoms with Crippen molar-refractivity contribution in [3.8, 4) is 17.2 Å². The van der Waals surface area contributed by atoms with E-state index in [0.29, 0.717) is 43.2 Å². The first kappa shape index (κ1) is 24.6. The van der Waals surface area contributed by atoms with Crippen molar-refractivity contribution in [3.05, 3.63) is 59.2 Å². The van der Waals surface area contributed by atoms with Crippen LogP contribution in [0.3, 0.4) is 0 Å². The monoisotopic (exact) mass is 482 g/mol. The van der Waals surface area contributed by atoms with Crippen molar-refractivity contribution in [2.24, 2.45) is 0 Å². The average Bonchev–Trinajstić information content (AvgIpc) is 3.13. The molecule has 2 N–H and O–H groups in total. The van der Waals surface area contributed by atoms with Crippen LogP contribution in [-0.4, -0.2) is 85.3 Å². The molecule has 2 heterocycles. The number of aromatic hydroxyl groups is 1. The Balaban J connectivity index is 1.73. The Morgan fingerprint density at radius 2 is 1.80 bits per heavy atom. The normalized spacial score (nSPS) is 20.3. The van der Waals surface area contributed by atoms with E-state index in [1.165, 1.54) is 31.3 Å². The highest BCUT2D eigenvalue weighted by atomic mass is 16.5. The molecule has 1 amide bonds. The number of phenolic OH excluding ortho intramolecular Hbond substituents is 1. The molecule has 2 aliphatic rings. The summed E-state index contributed by atoms with van der Waals surface area (Å²) in [4.78, 5) is 30.1. The first-order chi connectivity index (χ1) is 17.0. The van der Waals surface area contributed by atoms with Crippen molar-refractivity contribution >= 4 is 17.4 Å². The van der Waals surface area contributed by atoms with Gasteiger partial charge in [-0.1, -0.05) is 18.2 Å². The van der Waals surface area contributed by atoms with E-state index < -0.39 is 23.5 Å². The number of carbonyl (C=O) groups excluding carboxylic acids is 2. The van der Waals surface area contributed by atoms with Crippen molar-refractivity contribution in [1.82, 2.24) is 9.80 Å². The fourth-order valence-electron chi connectivity index (χ4n) is 4.60. The van der Waals surface area contributed by atoms with Crippen molar-refractivity contribution in [1.29, 1.82) is 0 Å². The number of para-hydroxylation sites is 1. The van der Waals surface area contributed by atoms with E-state index in [2.05, 4.69) is 4.90 Å². The summed E-state index contributed by atoms with van der Waals surface area (Å²) in [6, 6.07) is 10.6. The number of amides is 1. The van der Waals surface area contributed by atoms with Crippen LogP contribution in [0.4, 0.5) is 0 Å². The number of likely N-dealkylation sites (tertiary alicyclic amines) is 1. The molecule has 4 rings (SSSR count). The molecule has 0 spiro atoms. The fraction of sp³-hybridized carbons (Fsp3) is 0.385. The summed E-state index contributed by atoms with van der Waals surface area (Å²) in [5.74, 6) is -1.34. The fourth-order valence-corrected chi connectivity index (χ4v) is 4.60. The lowest BCUT2D eigenvalue weighted by Crippen LogP contribution is -2.39. The largest absolute Gasteiger partial charge is 0.507 e. The van der Waals surface area contributed by atoms with Gasteiger partial charge in [-0.3, -0.25) is 14.5 Å². The van der Waals surface area contributed by atoms with Gasteiger partial charge in [0, 0.05) is 37.8 Å². The zero-order valence-corrected chi connectivity index (χ0v) is 19.9. The molecule has 0 saturated carbocycles. The molecule has 0 unspecified atom stereocenters. The van der Waals surface area contributed by atoms with Crippen molar-refractivity contribution in [2.75, 3.05) is 53.6 Å². The third-order valence-electron chi connectivity index (χ3n) is 6.41. The van der Waals surface area contributed by atoms with Crippen LogP contribution in [0.5, 0.6) is 17.2 Å². The summed E-state index contributed by atoms with van der Waals surface area (Å²) in [7, 11) is 2.97. The Morgan fingerprint density at radius 3 is 2.49 bits per heavy atom. The number of aliphatic hydroxyl groups is 1. The first-order valence-electron chi connectivity index (χ1n) is 11.5. The zero-order chi connectivity index (χ0) is 24.9. The van der Waals surface area contributed by atoms with E-state index >= 15 is 0 Å². The van der Waals surface area contributed by atoms with Crippen LogP contribution in [0.1, 0.15) is 23.6 Å². The second-order valence-electron chi connectivity index (χ2n) is 8.43. The van der Waals surface area contributed by atoms with Crippen LogP contribution >= 0.6 is 0 Å². The van der Waals surface area contributed by atoms with Crippen LogP contribution in [0.15, 0.2) is 48.0 Å². The smallest absolute Gasteiger partial charge is 0.295 e. The molecule has 186 valence electrons. The molecule has 9 heteroatoms. The maximum atomic E-state index is 13.2. The van der Waals surface area contributed by atoms with Crippen LogP contribution in [0, 0.1) is 0 Å². The third-order valence-corrected chi connectivity index (χ3v) is 6.41. The molecule has 2 aliphatic heterocycles. The minimum absolute atomic E-state index is 0.0389. The number of hydrogen-bond donors (Lipinski definition) is 2. The first-order valence-corrected chi connectivity index (χ1v) is 11.5. The molecular formula is C26H30N2O7. The highest BCUT2D eigenvalue weighted by Crippen LogP contribution is 2.43. The van der Waals surface area contributed by atoms with Crippen LogP contribution in [0.2, 0.25) is 0 Å². The van der Waals surface area contributed by atoms with Crippen LogP contribution < -0.4 is 9.47 Å². The lowest BCUT2D eigenvalue weighted by atomic mass is 9.94. The van der Waals surface area contributed by atoms with Gasteiger partial charge in [-0.05, 0) is 24.6 Å². The summed E-state index contributed by atoms with van der Waals surface area (Å²) in [5.41, 5.74) is 0.526. The number of ether oxygens (including phenoxy) is 3. The summed E-state index contributed by atoms with van der Waals surface area (Å²) >= 11 is 0. The van der Waals surface area contributed by atoms with Gasteiger partial charge in [-0.25, -0.2) is 0 Å². The summed E-state index contributed by atoms with van der Waals surface area (Å²) in [5, 5.41) is 21.7. The average molecular weight is 483 g/mol. The minimum Gasteiger partial charge on any atom is -0.507 e. The molecule has 0 aromatic heterocycles. The van der Waals surface area contributed by atoms with E-state index in [0.717, 1.165) is 19.6 Å². The highest BCUT2D eigenvalue weighted by molar-refractivity contribution is 6.46. The molecule has 0 bridgehead atoms. The minimum atomic E-state index is -0.864. The number of nitrogens with zero attached hydrogens (tertiary/aromatic N) is 2. The summed E-state index contributed by atoms with van der Waals surface area (Å²) in [6.07, 6.45) is 0.645. The number of methoxy groups -OCH3 is 2. The zero-order valence-electron chi connectivity index (χ0n) is 19.9. The molecule has 9 nitrogen and oxygen atoms in total. The number of rotatable bonds is 8. The Kier molecular flexibility index (Phi) is 7.57. The molecule has 2 saturated heterocycles. The van der Waals surface area contributed by atoms with Gasteiger partial charge < -0.3 is 29.3 Å². The number of carbonyl (C=O) groups is 2. The third kappa shape index (κ3) is 4.96. The Hall–Kier alpha value is -3.56. The molecule has 35 heavy (non-hydrogen) atoms. The number of morpholine rings is 1. The maximum Gasteiger partial charge on any atom is 0.295 e. The van der Waals surface area contributed by atoms with E-state index in [-0.39, 0.29) is 16.9 Å². The predicted octanol–water partition coefficient (Wildman–Crippen LogP) is 2.55. The standard InChI is InChI=1S/C26H30N2O7/c1-33-17-8-9-18(20(29)16-17)24(30)22-23(19-6-3-4-7-21(19)34-2)28(26(32)25(22)31)11-5-10-27-12-14-35-15-13-27/h3-4,6-9,16,23,29-30H,5,10-15H2,1-2H3/t23-/m1/s1. The van der Waals surface area contributed by atoms with Gasteiger partial charge in [0.15, 0.2) is 0 Å². The summed E-state index contributed by atoms with van der Waals surface area (Å²) in [6.45, 7) is 4.07. The quantitative estimate of drug-likeness (QED) is 0.336. The van der Waals surface area contributed by atoms with Crippen molar-refractivity contribution in [2.45, 2.75) is 12.5 Å². The lowest BCUT2D eigenvalue weighted by molar-refractivity contribution is -0.140. The molecule has 2 fully saturated rings. The lowest BCUT2D eigenvalue weighted by Gasteiger charge is -2.29. The van der Waals surface area contributed by atoms with Gasteiger partial charge in [0.1, 0.15) is 23.0 Å². The van der Waals surface area contributed by atoms with Crippen LogP contribution in [-0.2, 0) is 14.3 Å². The van der Waals surface area contributed by atoms with E-state index in [1.807, 2.05) is 0 Å². The van der Waals surface area contributed by atoms with Gasteiger partial charge in [0.25, 0.3) is 11.7 Å². The Morgan fingerprint density at radius 1 is 1.06 bits per heavy atom. The number of ketones is 1. The second-order valence-corrected chi connectivity index (χ2v) is 8.43. The van der Waals surface area contributed by atoms with Crippen molar-refractivity contribution < 1.29 is 34.0 Å². The molecule has 0 radical (unpaired) electrons. The van der Waals surface area contributed by atoms with Gasteiger partial charge in [0.05, 0.1) is 44.6 Å². The summed E-state index contributed by atoms with van der Waals surface area (Å²) < 4.78 is 16.0. The number of hydrogen-bond acceptors (Lipinski definition) is 8. The second kappa shape index (κ2) is 10.8. The van der Waals surface area contributed by atoms with E-state index in [1.54, 1.807) is 30.3 Å². The number of phenols is 1. The maximum absolute atomic E-state index is 13.2.